The number of aromatic nitrogens is 1. The number of rotatable bonds is 4. The number of hydrazone groups is 1. The van der Waals surface area contributed by atoms with Crippen LogP contribution in [0.1, 0.15) is 16.1 Å². The number of nitro groups is 1. The molecule has 8 nitrogen and oxygen atoms in total. The predicted molar refractivity (Wildman–Crippen MR) is 70.6 cm³/mol. The van der Waals surface area contributed by atoms with Crippen LogP contribution in [-0.2, 0) is 0 Å². The molecule has 0 aliphatic heterocycles. The van der Waals surface area contributed by atoms with Crippen LogP contribution < -0.4 is 5.43 Å². The fourth-order valence-corrected chi connectivity index (χ4v) is 1.45. The number of hydrogen-bond acceptors (Lipinski definition) is 5. The van der Waals surface area contributed by atoms with E-state index in [-0.39, 0.29) is 17.0 Å². The summed E-state index contributed by atoms with van der Waals surface area (Å²) in [5, 5.41) is 23.8. The molecule has 0 aliphatic rings. The van der Waals surface area contributed by atoms with Crippen LogP contribution in [0.4, 0.5) is 5.69 Å². The van der Waals surface area contributed by atoms with Crippen LogP contribution in [0.2, 0.25) is 0 Å². The minimum absolute atomic E-state index is 0.131. The van der Waals surface area contributed by atoms with E-state index in [0.29, 0.717) is 5.69 Å². The van der Waals surface area contributed by atoms with Crippen molar-refractivity contribution in [3.8, 4) is 5.75 Å². The SMILES string of the molecule is O=C(N/N=C/c1cc([N+](=O)[O-])ccc1O)c1ccc[nH]1. The van der Waals surface area contributed by atoms with E-state index in [1.807, 2.05) is 0 Å². The highest BCUT2D eigenvalue weighted by Crippen LogP contribution is 2.21. The number of aromatic hydroxyl groups is 1. The molecule has 1 amide bonds. The normalized spacial score (nSPS) is 10.6. The van der Waals surface area contributed by atoms with E-state index in [0.717, 1.165) is 12.3 Å². The molecule has 1 heterocycles. The first kappa shape index (κ1) is 13.3. The topological polar surface area (TPSA) is 121 Å². The van der Waals surface area contributed by atoms with E-state index in [1.165, 1.54) is 12.1 Å². The largest absolute Gasteiger partial charge is 0.507 e. The van der Waals surface area contributed by atoms with E-state index in [9.17, 15) is 20.0 Å². The summed E-state index contributed by atoms with van der Waals surface area (Å²) in [7, 11) is 0. The van der Waals surface area contributed by atoms with E-state index >= 15 is 0 Å². The molecule has 102 valence electrons. The third-order valence-electron chi connectivity index (χ3n) is 2.43. The Bertz CT molecular complexity index is 664. The minimum atomic E-state index is -0.589. The Labute approximate surface area is 112 Å². The maximum Gasteiger partial charge on any atom is 0.287 e. The number of carbonyl (C=O) groups is 1. The van der Waals surface area contributed by atoms with Gasteiger partial charge in [-0.25, -0.2) is 5.43 Å². The van der Waals surface area contributed by atoms with Crippen molar-refractivity contribution < 1.29 is 14.8 Å². The van der Waals surface area contributed by atoms with Crippen LogP contribution in [0.15, 0.2) is 41.6 Å². The Morgan fingerprint density at radius 3 is 2.90 bits per heavy atom. The number of nitrogens with one attached hydrogen (secondary N) is 2. The number of phenols is 1. The molecule has 0 aliphatic carbocycles. The van der Waals surface area contributed by atoms with Crippen LogP contribution in [0.25, 0.3) is 0 Å². The summed E-state index contributed by atoms with van der Waals surface area (Å²) < 4.78 is 0. The predicted octanol–water partition coefficient (Wildman–Crippen LogP) is 1.39. The van der Waals surface area contributed by atoms with Gasteiger partial charge in [0.15, 0.2) is 0 Å². The molecule has 0 fully saturated rings. The van der Waals surface area contributed by atoms with E-state index in [1.54, 1.807) is 18.3 Å². The first-order valence-electron chi connectivity index (χ1n) is 5.52. The Hall–Kier alpha value is -3.16. The number of nitro benzene ring substituents is 1. The van der Waals surface area contributed by atoms with E-state index in [2.05, 4.69) is 15.5 Å². The molecule has 0 unspecified atom stereocenters. The van der Waals surface area contributed by atoms with Crippen LogP contribution >= 0.6 is 0 Å². The molecule has 3 N–H and O–H groups in total. The smallest absolute Gasteiger partial charge is 0.287 e. The maximum atomic E-state index is 11.5. The molecule has 20 heavy (non-hydrogen) atoms. The molecule has 0 saturated heterocycles. The number of nitrogens with zero attached hydrogens (tertiary/aromatic N) is 2. The summed E-state index contributed by atoms with van der Waals surface area (Å²) in [5.74, 6) is -0.635. The first-order valence-corrected chi connectivity index (χ1v) is 5.52. The third kappa shape index (κ3) is 2.99. The minimum Gasteiger partial charge on any atom is -0.507 e. The van der Waals surface area contributed by atoms with Crippen molar-refractivity contribution in [1.29, 1.82) is 0 Å². The van der Waals surface area contributed by atoms with Crippen LogP contribution in [0, 0.1) is 10.1 Å². The fourth-order valence-electron chi connectivity index (χ4n) is 1.45. The third-order valence-corrected chi connectivity index (χ3v) is 2.43. The number of amides is 1. The van der Waals surface area contributed by atoms with Gasteiger partial charge in [-0.1, -0.05) is 0 Å². The van der Waals surface area contributed by atoms with Crippen molar-refractivity contribution in [2.24, 2.45) is 5.10 Å². The molecule has 1 aromatic heterocycles. The molecular formula is C12H10N4O4. The maximum absolute atomic E-state index is 11.5. The van der Waals surface area contributed by atoms with Crippen LogP contribution in [0.5, 0.6) is 5.75 Å². The summed E-state index contributed by atoms with van der Waals surface area (Å²) in [6, 6.07) is 6.73. The highest BCUT2D eigenvalue weighted by molar-refractivity contribution is 5.93. The first-order chi connectivity index (χ1) is 9.58. The van der Waals surface area contributed by atoms with Crippen molar-refractivity contribution in [2.75, 3.05) is 0 Å². The van der Waals surface area contributed by atoms with Gasteiger partial charge in [0.2, 0.25) is 0 Å². The lowest BCUT2D eigenvalue weighted by Gasteiger charge is -1.99. The molecule has 0 bridgehead atoms. The second kappa shape index (κ2) is 5.65. The molecular weight excluding hydrogens is 264 g/mol. The molecule has 0 atom stereocenters. The Morgan fingerprint density at radius 2 is 2.25 bits per heavy atom. The highest BCUT2D eigenvalue weighted by Gasteiger charge is 2.09. The van der Waals surface area contributed by atoms with E-state index in [4.69, 9.17) is 0 Å². The molecule has 0 saturated carbocycles. The summed E-state index contributed by atoms with van der Waals surface area (Å²) in [4.78, 5) is 24.2. The van der Waals surface area contributed by atoms with Crippen molar-refractivity contribution in [3.63, 3.8) is 0 Å². The number of carbonyl (C=O) groups excluding carboxylic acids is 1. The fraction of sp³-hybridized carbons (Fsp3) is 0. The van der Waals surface area contributed by atoms with Crippen LogP contribution in [0.3, 0.4) is 0 Å². The Kier molecular flexibility index (Phi) is 3.75. The second-order valence-corrected chi connectivity index (χ2v) is 3.78. The molecule has 2 aromatic rings. The van der Waals surface area contributed by atoms with Gasteiger partial charge >= 0.3 is 0 Å². The zero-order chi connectivity index (χ0) is 14.5. The average Bonchev–Trinajstić information content (AvgIpc) is 2.94. The number of hydrogen-bond donors (Lipinski definition) is 3. The lowest BCUT2D eigenvalue weighted by atomic mass is 10.2. The second-order valence-electron chi connectivity index (χ2n) is 3.78. The van der Waals surface area contributed by atoms with Crippen LogP contribution in [-0.4, -0.2) is 27.1 Å². The van der Waals surface area contributed by atoms with Gasteiger partial charge in [-0.15, -0.1) is 0 Å². The lowest BCUT2D eigenvalue weighted by molar-refractivity contribution is -0.384. The van der Waals surface area contributed by atoms with Gasteiger partial charge in [0, 0.05) is 23.9 Å². The number of H-pyrrole nitrogens is 1. The summed E-state index contributed by atoms with van der Waals surface area (Å²) in [6.07, 6.45) is 2.72. The number of phenolic OH excluding ortho intramolecular Hbond substituents is 1. The summed E-state index contributed by atoms with van der Waals surface area (Å²) in [5.41, 5.74) is 2.50. The van der Waals surface area contributed by atoms with E-state index < -0.39 is 10.8 Å². The molecule has 1 aromatic carbocycles. The monoisotopic (exact) mass is 274 g/mol. The molecule has 8 heteroatoms. The zero-order valence-corrected chi connectivity index (χ0v) is 10.1. The van der Waals surface area contributed by atoms with Crippen molar-refractivity contribution in [3.05, 3.63) is 57.9 Å². The number of benzene rings is 1. The molecule has 2 rings (SSSR count). The van der Waals surface area contributed by atoms with Gasteiger partial charge in [-0.3, -0.25) is 14.9 Å². The Balaban J connectivity index is 2.09. The van der Waals surface area contributed by atoms with Gasteiger partial charge in [-0.2, -0.15) is 5.10 Å². The van der Waals surface area contributed by atoms with Gasteiger partial charge in [0.05, 0.1) is 11.1 Å². The summed E-state index contributed by atoms with van der Waals surface area (Å²) >= 11 is 0. The Morgan fingerprint density at radius 1 is 1.45 bits per heavy atom. The van der Waals surface area contributed by atoms with Crippen molar-refractivity contribution in [1.82, 2.24) is 10.4 Å². The van der Waals surface area contributed by atoms with Gasteiger partial charge < -0.3 is 10.1 Å². The number of aromatic amines is 1. The van der Waals surface area contributed by atoms with Gasteiger partial charge in [0.1, 0.15) is 11.4 Å². The molecule has 0 radical (unpaired) electrons. The number of non-ortho nitro benzene ring substituents is 1. The molecule has 0 spiro atoms. The highest BCUT2D eigenvalue weighted by atomic mass is 16.6. The summed E-state index contributed by atoms with van der Waals surface area (Å²) in [6.45, 7) is 0. The van der Waals surface area contributed by atoms with Gasteiger partial charge in [-0.05, 0) is 18.2 Å². The standard InChI is InChI=1S/C12H10N4O4/c17-11-4-3-9(16(19)20)6-8(11)7-14-15-12(18)10-2-1-5-13-10/h1-7,13,17H,(H,15,18)/b14-7+. The lowest BCUT2D eigenvalue weighted by Crippen LogP contribution is -2.17. The van der Waals surface area contributed by atoms with Crippen molar-refractivity contribution in [2.45, 2.75) is 0 Å². The van der Waals surface area contributed by atoms with Gasteiger partial charge in [0.25, 0.3) is 11.6 Å². The zero-order valence-electron chi connectivity index (χ0n) is 10.1. The van der Waals surface area contributed by atoms with Crippen molar-refractivity contribution >= 4 is 17.8 Å². The quantitative estimate of drug-likeness (QED) is 0.443. The average molecular weight is 274 g/mol.